The summed E-state index contributed by atoms with van der Waals surface area (Å²) in [5.74, 6) is -2.22. The number of fused-ring (bicyclic) bond motifs is 1. The number of benzene rings is 2. The Labute approximate surface area is 141 Å². The molecular formula is C18H13F2NO4. The molecule has 2 aromatic carbocycles. The highest BCUT2D eigenvalue weighted by Crippen LogP contribution is 2.32. The first-order chi connectivity index (χ1) is 12.0. The van der Waals surface area contributed by atoms with Gasteiger partial charge in [-0.15, -0.1) is 0 Å². The number of allylic oxidation sites excluding steroid dienone is 1. The average Bonchev–Trinajstić information content (AvgIpc) is 2.62. The van der Waals surface area contributed by atoms with Gasteiger partial charge in [-0.05, 0) is 36.4 Å². The number of hydrogen-bond acceptors (Lipinski definition) is 4. The molecule has 0 bridgehead atoms. The van der Waals surface area contributed by atoms with Crippen LogP contribution in [0.4, 0.5) is 14.5 Å². The summed E-state index contributed by atoms with van der Waals surface area (Å²) in [7, 11) is 0. The van der Waals surface area contributed by atoms with E-state index in [0.717, 1.165) is 30.4 Å². The topological polar surface area (TPSA) is 64.6 Å². The van der Waals surface area contributed by atoms with Crippen LogP contribution in [0.25, 0.3) is 0 Å². The lowest BCUT2D eigenvalue weighted by atomic mass is 10.1. The van der Waals surface area contributed by atoms with Gasteiger partial charge in [-0.25, -0.2) is 8.78 Å². The number of carbonyl (C=O) groups excluding carboxylic acids is 2. The highest BCUT2D eigenvalue weighted by molar-refractivity contribution is 6.09. The molecule has 0 aliphatic carbocycles. The number of halogens is 2. The van der Waals surface area contributed by atoms with Gasteiger partial charge in [0.15, 0.2) is 28.9 Å². The molecule has 1 aliphatic heterocycles. The van der Waals surface area contributed by atoms with Crippen LogP contribution in [0.2, 0.25) is 0 Å². The molecule has 1 amide bonds. The molecule has 3 rings (SSSR count). The number of hydrogen-bond donors (Lipinski definition) is 1. The summed E-state index contributed by atoms with van der Waals surface area (Å²) in [6, 6.07) is 7.68. The van der Waals surface area contributed by atoms with Crippen molar-refractivity contribution in [2.45, 2.75) is 0 Å². The van der Waals surface area contributed by atoms with Gasteiger partial charge in [0, 0.05) is 23.4 Å². The number of nitrogens with one attached hydrogen (secondary N) is 1. The van der Waals surface area contributed by atoms with Gasteiger partial charge in [0.25, 0.3) is 0 Å². The zero-order valence-corrected chi connectivity index (χ0v) is 12.9. The van der Waals surface area contributed by atoms with Crippen LogP contribution in [0.3, 0.4) is 0 Å². The number of anilines is 1. The van der Waals surface area contributed by atoms with E-state index in [-0.39, 0.29) is 5.56 Å². The van der Waals surface area contributed by atoms with E-state index in [1.807, 2.05) is 0 Å². The third-order valence-corrected chi connectivity index (χ3v) is 3.40. The molecule has 0 saturated carbocycles. The lowest BCUT2D eigenvalue weighted by Gasteiger charge is -2.18. The Balaban J connectivity index is 1.64. The second kappa shape index (κ2) is 7.12. The second-order valence-corrected chi connectivity index (χ2v) is 5.17. The quantitative estimate of drug-likeness (QED) is 0.683. The van der Waals surface area contributed by atoms with Crippen molar-refractivity contribution in [1.29, 1.82) is 0 Å². The highest BCUT2D eigenvalue weighted by Gasteiger charge is 2.12. The van der Waals surface area contributed by atoms with Crippen LogP contribution < -0.4 is 14.8 Å². The standard InChI is InChI=1S/C18H13F2NO4/c19-13-3-1-11(9-14(13)20)15(22)4-6-18(23)21-12-2-5-16-17(10-12)25-8-7-24-16/h1-6,9-10H,7-8H2,(H,21,23)/b6-4+. The summed E-state index contributed by atoms with van der Waals surface area (Å²) in [6.45, 7) is 0.889. The van der Waals surface area contributed by atoms with Crippen LogP contribution in [0.5, 0.6) is 11.5 Å². The largest absolute Gasteiger partial charge is 0.486 e. The van der Waals surface area contributed by atoms with Crippen LogP contribution in [0.15, 0.2) is 48.6 Å². The Morgan fingerprint density at radius 1 is 0.920 bits per heavy atom. The lowest BCUT2D eigenvalue weighted by Crippen LogP contribution is -2.16. The van der Waals surface area contributed by atoms with Crippen molar-refractivity contribution >= 4 is 17.4 Å². The fourth-order valence-corrected chi connectivity index (χ4v) is 2.20. The van der Waals surface area contributed by atoms with Crippen LogP contribution in [-0.4, -0.2) is 24.9 Å². The maximum Gasteiger partial charge on any atom is 0.248 e. The van der Waals surface area contributed by atoms with Crippen molar-refractivity contribution in [3.05, 3.63) is 65.7 Å². The van der Waals surface area contributed by atoms with Gasteiger partial charge < -0.3 is 14.8 Å². The molecule has 0 atom stereocenters. The molecule has 0 unspecified atom stereocenters. The van der Waals surface area contributed by atoms with E-state index in [9.17, 15) is 18.4 Å². The van der Waals surface area contributed by atoms with Crippen molar-refractivity contribution in [3.63, 3.8) is 0 Å². The minimum atomic E-state index is -1.13. The van der Waals surface area contributed by atoms with Gasteiger partial charge in [0.1, 0.15) is 13.2 Å². The Morgan fingerprint density at radius 2 is 1.68 bits per heavy atom. The molecule has 5 nitrogen and oxygen atoms in total. The maximum atomic E-state index is 13.1. The van der Waals surface area contributed by atoms with Crippen molar-refractivity contribution < 1.29 is 27.8 Å². The molecule has 1 N–H and O–H groups in total. The van der Waals surface area contributed by atoms with Gasteiger partial charge >= 0.3 is 0 Å². The maximum absolute atomic E-state index is 13.1. The number of rotatable bonds is 4. The summed E-state index contributed by atoms with van der Waals surface area (Å²) in [5, 5.41) is 2.57. The molecule has 0 saturated heterocycles. The minimum absolute atomic E-state index is 0.0534. The third kappa shape index (κ3) is 4.00. The highest BCUT2D eigenvalue weighted by atomic mass is 19.2. The third-order valence-electron chi connectivity index (χ3n) is 3.40. The van der Waals surface area contributed by atoms with E-state index < -0.39 is 23.3 Å². The van der Waals surface area contributed by atoms with Crippen molar-refractivity contribution in [2.24, 2.45) is 0 Å². The smallest absolute Gasteiger partial charge is 0.248 e. The SMILES string of the molecule is O=C(/C=C/C(=O)c1ccc(F)c(F)c1)Nc1ccc2c(c1)OCCO2. The molecule has 1 aliphatic rings. The molecule has 0 spiro atoms. The van der Waals surface area contributed by atoms with Crippen LogP contribution in [0, 0.1) is 11.6 Å². The van der Waals surface area contributed by atoms with Gasteiger partial charge in [0.05, 0.1) is 0 Å². The van der Waals surface area contributed by atoms with Crippen LogP contribution in [0.1, 0.15) is 10.4 Å². The lowest BCUT2D eigenvalue weighted by molar-refractivity contribution is -0.111. The van der Waals surface area contributed by atoms with Gasteiger partial charge in [-0.1, -0.05) is 0 Å². The minimum Gasteiger partial charge on any atom is -0.486 e. The summed E-state index contributed by atoms with van der Waals surface area (Å²) in [5.41, 5.74) is 0.418. The van der Waals surface area contributed by atoms with E-state index in [4.69, 9.17) is 9.47 Å². The molecule has 0 fully saturated rings. The molecule has 25 heavy (non-hydrogen) atoms. The molecule has 0 aromatic heterocycles. The fraction of sp³-hybridized carbons (Fsp3) is 0.111. The van der Waals surface area contributed by atoms with E-state index in [0.29, 0.717) is 30.4 Å². The molecule has 2 aromatic rings. The second-order valence-electron chi connectivity index (χ2n) is 5.17. The van der Waals surface area contributed by atoms with E-state index >= 15 is 0 Å². The summed E-state index contributed by atoms with van der Waals surface area (Å²) >= 11 is 0. The van der Waals surface area contributed by atoms with Crippen LogP contribution >= 0.6 is 0 Å². The summed E-state index contributed by atoms with van der Waals surface area (Å²) in [6.07, 6.45) is 2.00. The number of amides is 1. The summed E-state index contributed by atoms with van der Waals surface area (Å²) in [4.78, 5) is 23.7. The number of ketones is 1. The first-order valence-electron chi connectivity index (χ1n) is 7.41. The first kappa shape index (κ1) is 16.6. The number of carbonyl (C=O) groups is 2. The van der Waals surface area contributed by atoms with E-state index in [1.54, 1.807) is 18.2 Å². The van der Waals surface area contributed by atoms with E-state index in [1.165, 1.54) is 0 Å². The van der Waals surface area contributed by atoms with Gasteiger partial charge in [-0.2, -0.15) is 0 Å². The Hall–Kier alpha value is -3.22. The van der Waals surface area contributed by atoms with Crippen LogP contribution in [-0.2, 0) is 4.79 Å². The normalized spacial score (nSPS) is 12.9. The fourth-order valence-electron chi connectivity index (χ4n) is 2.20. The van der Waals surface area contributed by atoms with E-state index in [2.05, 4.69) is 5.32 Å². The first-order valence-corrected chi connectivity index (χ1v) is 7.41. The Morgan fingerprint density at radius 3 is 2.44 bits per heavy atom. The summed E-state index contributed by atoms with van der Waals surface area (Å²) < 4.78 is 36.7. The van der Waals surface area contributed by atoms with Crippen molar-refractivity contribution in [1.82, 2.24) is 0 Å². The molecule has 1 heterocycles. The predicted octanol–water partition coefficient (Wildman–Crippen LogP) is 3.11. The Kier molecular flexibility index (Phi) is 4.74. The average molecular weight is 345 g/mol. The molecule has 7 heteroatoms. The zero-order valence-electron chi connectivity index (χ0n) is 12.9. The van der Waals surface area contributed by atoms with Crippen molar-refractivity contribution in [3.8, 4) is 11.5 Å². The van der Waals surface area contributed by atoms with Gasteiger partial charge in [-0.3, -0.25) is 9.59 Å². The number of ether oxygens (including phenoxy) is 2. The predicted molar refractivity (Wildman–Crippen MR) is 85.9 cm³/mol. The Bertz CT molecular complexity index is 864. The van der Waals surface area contributed by atoms with Crippen molar-refractivity contribution in [2.75, 3.05) is 18.5 Å². The molecule has 128 valence electrons. The molecule has 0 radical (unpaired) electrons. The monoisotopic (exact) mass is 345 g/mol. The van der Waals surface area contributed by atoms with Gasteiger partial charge in [0.2, 0.25) is 5.91 Å². The molecular weight excluding hydrogens is 332 g/mol. The zero-order chi connectivity index (χ0) is 17.8.